The van der Waals surface area contributed by atoms with Gasteiger partial charge in [-0.25, -0.2) is 4.58 Å². The number of likely N-dealkylation sites (N-methyl/N-ethyl adjacent to an activating group) is 1. The van der Waals surface area contributed by atoms with Crippen LogP contribution in [0.3, 0.4) is 0 Å². The lowest BCUT2D eigenvalue weighted by molar-refractivity contribution is -0.484. The van der Waals surface area contributed by atoms with Crippen LogP contribution in [0.25, 0.3) is 18.2 Å². The zero-order chi connectivity index (χ0) is 20.4. The van der Waals surface area contributed by atoms with Crippen molar-refractivity contribution in [1.29, 1.82) is 0 Å². The van der Waals surface area contributed by atoms with Crippen LogP contribution < -0.4 is 19.7 Å². The molecule has 0 aliphatic carbocycles. The van der Waals surface area contributed by atoms with Crippen molar-refractivity contribution in [2.45, 2.75) is 20.4 Å². The van der Waals surface area contributed by atoms with E-state index in [1.54, 1.807) is 11.3 Å². The minimum absolute atomic E-state index is 0.0927. The molecule has 4 rings (SSSR count). The molecular weight excluding hydrogens is 398 g/mol. The first-order valence-corrected chi connectivity index (χ1v) is 11.8. The van der Waals surface area contributed by atoms with Crippen molar-refractivity contribution in [1.82, 2.24) is 4.57 Å². The van der Waals surface area contributed by atoms with Crippen LogP contribution in [0.1, 0.15) is 19.4 Å². The lowest BCUT2D eigenvalue weighted by atomic mass is 10.1. The third kappa shape index (κ3) is 3.91. The molecule has 2 aliphatic heterocycles. The van der Waals surface area contributed by atoms with Crippen LogP contribution in [-0.4, -0.2) is 40.1 Å². The average Bonchev–Trinajstić information content (AvgIpc) is 3.28. The molecule has 0 N–H and O–H groups in total. The monoisotopic (exact) mass is 424 g/mol. The molecule has 1 aromatic carbocycles. The Morgan fingerprint density at radius 3 is 2.69 bits per heavy atom. The molecule has 1 aromatic heterocycles. The molecule has 0 saturated carbocycles. The Labute approximate surface area is 179 Å². The van der Waals surface area contributed by atoms with E-state index in [0.717, 1.165) is 33.7 Å². The number of hydrogen-bond donors (Lipinski definition) is 0. The molecule has 3 heterocycles. The number of para-hydroxylation sites is 1. The largest absolute Gasteiger partial charge is 0.341 e. The van der Waals surface area contributed by atoms with E-state index < -0.39 is 0 Å². The third-order valence-electron chi connectivity index (χ3n) is 5.25. The van der Waals surface area contributed by atoms with Gasteiger partial charge in [0.25, 0.3) is 5.56 Å². The van der Waals surface area contributed by atoms with E-state index in [-0.39, 0.29) is 5.56 Å². The fraction of sp³-hybridized carbons (Fsp3) is 0.304. The van der Waals surface area contributed by atoms with Crippen molar-refractivity contribution >= 4 is 52.1 Å². The van der Waals surface area contributed by atoms with Crippen LogP contribution in [-0.2, 0) is 6.54 Å². The molecule has 0 saturated heterocycles. The number of fused-ring (bicyclic) bond motifs is 1. The second kappa shape index (κ2) is 8.59. The van der Waals surface area contributed by atoms with Gasteiger partial charge in [-0.15, -0.1) is 11.3 Å². The minimum atomic E-state index is 0.0927. The lowest BCUT2D eigenvalue weighted by Crippen LogP contribution is -2.31. The number of rotatable bonds is 4. The number of hydrogen-bond acceptors (Lipinski definition) is 4. The molecular formula is C23H26N3OS2+. The molecule has 0 bridgehead atoms. The Kier molecular flexibility index (Phi) is 5.92. The second-order valence-electron chi connectivity index (χ2n) is 7.00. The normalized spacial score (nSPS) is 19.0. The van der Waals surface area contributed by atoms with Crippen molar-refractivity contribution in [3.8, 4) is 0 Å². The van der Waals surface area contributed by atoms with Gasteiger partial charge in [0.1, 0.15) is 11.7 Å². The summed E-state index contributed by atoms with van der Waals surface area (Å²) in [4.78, 5) is 15.2. The fourth-order valence-corrected chi connectivity index (χ4v) is 5.87. The Morgan fingerprint density at radius 1 is 1.14 bits per heavy atom. The van der Waals surface area contributed by atoms with Crippen LogP contribution in [0.5, 0.6) is 0 Å². The highest BCUT2D eigenvalue weighted by Crippen LogP contribution is 2.30. The second-order valence-corrected chi connectivity index (χ2v) is 9.18. The van der Waals surface area contributed by atoms with Crippen LogP contribution in [0.4, 0.5) is 5.69 Å². The van der Waals surface area contributed by atoms with Crippen molar-refractivity contribution in [3.63, 3.8) is 0 Å². The van der Waals surface area contributed by atoms with Crippen LogP contribution in [0.2, 0.25) is 0 Å². The summed E-state index contributed by atoms with van der Waals surface area (Å²) in [7, 11) is 2.11. The summed E-state index contributed by atoms with van der Waals surface area (Å²) in [6.45, 7) is 6.81. The van der Waals surface area contributed by atoms with Gasteiger partial charge in [0.2, 0.25) is 5.04 Å². The Hall–Kier alpha value is -2.31. The predicted molar refractivity (Wildman–Crippen MR) is 128 cm³/mol. The van der Waals surface area contributed by atoms with E-state index in [9.17, 15) is 4.79 Å². The smallest absolute Gasteiger partial charge is 0.269 e. The van der Waals surface area contributed by atoms with Gasteiger partial charge in [0.15, 0.2) is 6.54 Å². The predicted octanol–water partition coefficient (Wildman–Crippen LogP) is 2.72. The van der Waals surface area contributed by atoms with E-state index in [4.69, 9.17) is 0 Å². The number of anilines is 1. The van der Waals surface area contributed by atoms with Gasteiger partial charge in [-0.2, -0.15) is 0 Å². The molecule has 2 aliphatic rings. The Bertz CT molecular complexity index is 1200. The minimum Gasteiger partial charge on any atom is -0.341 e. The van der Waals surface area contributed by atoms with E-state index in [1.807, 2.05) is 29.3 Å². The van der Waals surface area contributed by atoms with Gasteiger partial charge in [-0.1, -0.05) is 36.0 Å². The summed E-state index contributed by atoms with van der Waals surface area (Å²) in [6, 6.07) is 8.41. The van der Waals surface area contributed by atoms with Gasteiger partial charge in [-0.05, 0) is 43.7 Å². The van der Waals surface area contributed by atoms with Gasteiger partial charge < -0.3 is 4.90 Å². The number of allylic oxidation sites excluding steroid dienone is 2. The highest BCUT2D eigenvalue weighted by atomic mass is 32.2. The molecule has 6 heteroatoms. The van der Waals surface area contributed by atoms with E-state index in [2.05, 4.69) is 72.0 Å². The standard InChI is InChI=1S/C23H26N3OS2/c1-4-25-18(11-10-17-8-6-7-9-19(17)25)12-13-20-23(27)26(5-2)22(29-20)16-21-24(3)14-15-28-21/h6-13,16H,4-5,14-15H2,1-3H3/q+1. The quantitative estimate of drug-likeness (QED) is 0.707. The van der Waals surface area contributed by atoms with Crippen molar-refractivity contribution in [2.24, 2.45) is 0 Å². The first kappa shape index (κ1) is 20.0. The number of aromatic nitrogens is 1. The average molecular weight is 425 g/mol. The Morgan fingerprint density at radius 2 is 1.97 bits per heavy atom. The molecule has 0 atom stereocenters. The van der Waals surface area contributed by atoms with Gasteiger partial charge in [0, 0.05) is 24.5 Å². The summed E-state index contributed by atoms with van der Waals surface area (Å²) in [6.07, 6.45) is 10.5. The molecule has 29 heavy (non-hydrogen) atoms. The molecule has 0 spiro atoms. The van der Waals surface area contributed by atoms with E-state index in [0.29, 0.717) is 6.54 Å². The molecule has 0 amide bonds. The summed E-state index contributed by atoms with van der Waals surface area (Å²) >= 11 is 3.43. The van der Waals surface area contributed by atoms with Gasteiger partial charge in [0.05, 0.1) is 16.4 Å². The highest BCUT2D eigenvalue weighted by Gasteiger charge is 2.18. The first-order valence-electron chi connectivity index (χ1n) is 10.0. The van der Waals surface area contributed by atoms with E-state index >= 15 is 0 Å². The summed E-state index contributed by atoms with van der Waals surface area (Å²) < 4.78 is 5.93. The molecule has 2 aromatic rings. The number of thioether (sulfide) groups is 1. The highest BCUT2D eigenvalue weighted by molar-refractivity contribution is 8.14. The summed E-state index contributed by atoms with van der Waals surface area (Å²) in [5.41, 5.74) is 3.63. The van der Waals surface area contributed by atoms with Crippen molar-refractivity contribution in [2.75, 3.05) is 30.8 Å². The Balaban J connectivity index is 1.77. The molecule has 0 radical (unpaired) electrons. The maximum absolute atomic E-state index is 12.9. The van der Waals surface area contributed by atoms with Crippen LogP contribution in [0.15, 0.2) is 46.9 Å². The number of benzene rings is 1. The molecule has 0 fully saturated rings. The molecule has 4 nitrogen and oxygen atoms in total. The zero-order valence-electron chi connectivity index (χ0n) is 17.1. The lowest BCUT2D eigenvalue weighted by Gasteiger charge is -2.29. The van der Waals surface area contributed by atoms with Crippen molar-refractivity contribution < 1.29 is 4.58 Å². The maximum atomic E-state index is 12.9. The van der Waals surface area contributed by atoms with Gasteiger partial charge >= 0.3 is 0 Å². The first-order chi connectivity index (χ1) is 14.1. The topological polar surface area (TPSA) is 28.2 Å². The third-order valence-corrected chi connectivity index (χ3v) is 7.44. The van der Waals surface area contributed by atoms with Gasteiger partial charge in [-0.3, -0.25) is 9.36 Å². The summed E-state index contributed by atoms with van der Waals surface area (Å²) in [5.74, 6) is 1.11. The summed E-state index contributed by atoms with van der Waals surface area (Å²) in [5, 5.41) is 1.24. The fourth-order valence-electron chi connectivity index (χ4n) is 3.66. The number of thiazole rings is 1. The SMILES string of the molecule is CCN1C(=CC=c2sc(=CC3=[N+](C)CCS3)n(CC)c2=O)C=Cc2ccccc21. The van der Waals surface area contributed by atoms with Crippen molar-refractivity contribution in [3.05, 3.63) is 67.2 Å². The molecule has 0 unspecified atom stereocenters. The van der Waals surface area contributed by atoms with Crippen LogP contribution in [0, 0.1) is 0 Å². The molecule has 150 valence electrons. The number of nitrogens with zero attached hydrogens (tertiary/aromatic N) is 3. The zero-order valence-corrected chi connectivity index (χ0v) is 18.7. The maximum Gasteiger partial charge on any atom is 0.269 e. The van der Waals surface area contributed by atoms with Crippen LogP contribution >= 0.6 is 23.1 Å². The van der Waals surface area contributed by atoms with E-state index in [1.165, 1.54) is 16.3 Å².